The summed E-state index contributed by atoms with van der Waals surface area (Å²) in [6.07, 6.45) is 7.36. The summed E-state index contributed by atoms with van der Waals surface area (Å²) in [7, 11) is 1.41. The van der Waals surface area contributed by atoms with Crippen molar-refractivity contribution in [2.75, 3.05) is 7.11 Å². The Morgan fingerprint density at radius 2 is 2.24 bits per heavy atom. The highest BCUT2D eigenvalue weighted by molar-refractivity contribution is 5.78. The van der Waals surface area contributed by atoms with Crippen LogP contribution < -0.4 is 5.32 Å². The van der Waals surface area contributed by atoms with Gasteiger partial charge in [-0.15, -0.1) is 0 Å². The molecule has 3 nitrogen and oxygen atoms in total. The molecule has 3 heteroatoms. The Bertz CT molecular complexity index is 316. The maximum atomic E-state index is 11.3. The second-order valence-electron chi connectivity index (χ2n) is 3.38. The first-order valence-electron chi connectivity index (χ1n) is 6.09. The quantitative estimate of drug-likeness (QED) is 0.767. The molecule has 1 heterocycles. The molecule has 0 aromatic carbocycles. The SMILES string of the molecule is C=C/C=C1/NC(C(=O)OC)C/C1=C/CC.CC. The van der Waals surface area contributed by atoms with Crippen molar-refractivity contribution in [3.8, 4) is 0 Å². The molecule has 1 rings (SSSR count). The van der Waals surface area contributed by atoms with Crippen LogP contribution in [-0.4, -0.2) is 19.1 Å². The van der Waals surface area contributed by atoms with Crippen LogP contribution in [0.2, 0.25) is 0 Å². The number of nitrogens with one attached hydrogen (secondary N) is 1. The first-order chi connectivity index (χ1) is 8.22. The number of esters is 1. The molecule has 1 aliphatic rings. The predicted molar refractivity (Wildman–Crippen MR) is 71.6 cm³/mol. The third-order valence-corrected chi connectivity index (χ3v) is 2.32. The van der Waals surface area contributed by atoms with Crippen molar-refractivity contribution < 1.29 is 9.53 Å². The van der Waals surface area contributed by atoms with E-state index in [1.807, 2.05) is 19.9 Å². The second kappa shape index (κ2) is 8.62. The number of allylic oxidation sites excluding steroid dienone is 4. The van der Waals surface area contributed by atoms with E-state index in [1.54, 1.807) is 6.08 Å². The van der Waals surface area contributed by atoms with E-state index < -0.39 is 0 Å². The van der Waals surface area contributed by atoms with Crippen molar-refractivity contribution >= 4 is 5.97 Å². The highest BCUT2D eigenvalue weighted by Crippen LogP contribution is 2.24. The Balaban J connectivity index is 0.00000121. The summed E-state index contributed by atoms with van der Waals surface area (Å²) >= 11 is 0. The third-order valence-electron chi connectivity index (χ3n) is 2.32. The van der Waals surface area contributed by atoms with E-state index in [2.05, 4.69) is 24.9 Å². The fourth-order valence-electron chi connectivity index (χ4n) is 1.66. The standard InChI is InChI=1S/C12H17NO2.C2H6/c1-4-6-9-8-11(12(14)15-3)13-10(9)7-5-2;1-2/h5-7,11,13H,2,4,8H2,1,3H3;1-2H3/b9-6-,10-7+;. The predicted octanol–water partition coefficient (Wildman–Crippen LogP) is 2.95. The van der Waals surface area contributed by atoms with Crippen molar-refractivity contribution in [2.45, 2.75) is 39.7 Å². The lowest BCUT2D eigenvalue weighted by Crippen LogP contribution is -2.30. The maximum absolute atomic E-state index is 11.3. The minimum absolute atomic E-state index is 0.218. The second-order valence-corrected chi connectivity index (χ2v) is 3.38. The summed E-state index contributed by atoms with van der Waals surface area (Å²) in [6.45, 7) is 9.72. The van der Waals surface area contributed by atoms with Gasteiger partial charge in [0.2, 0.25) is 0 Å². The van der Waals surface area contributed by atoms with Crippen molar-refractivity contribution in [3.63, 3.8) is 0 Å². The summed E-state index contributed by atoms with van der Waals surface area (Å²) in [6, 6.07) is -0.251. The van der Waals surface area contributed by atoms with Gasteiger partial charge in [0.1, 0.15) is 6.04 Å². The number of methoxy groups -OCH3 is 1. The molecule has 0 saturated carbocycles. The highest BCUT2D eigenvalue weighted by atomic mass is 16.5. The van der Waals surface area contributed by atoms with Crippen LogP contribution in [-0.2, 0) is 9.53 Å². The van der Waals surface area contributed by atoms with E-state index in [9.17, 15) is 4.79 Å². The molecule has 1 saturated heterocycles. The molecule has 96 valence electrons. The summed E-state index contributed by atoms with van der Waals surface area (Å²) in [5.41, 5.74) is 2.13. The van der Waals surface area contributed by atoms with Crippen LogP contribution in [0, 0.1) is 0 Å². The first-order valence-corrected chi connectivity index (χ1v) is 6.09. The van der Waals surface area contributed by atoms with Crippen LogP contribution in [0.4, 0.5) is 0 Å². The van der Waals surface area contributed by atoms with Crippen LogP contribution >= 0.6 is 0 Å². The lowest BCUT2D eigenvalue weighted by molar-refractivity contribution is -0.142. The zero-order valence-electron chi connectivity index (χ0n) is 11.2. The maximum Gasteiger partial charge on any atom is 0.328 e. The van der Waals surface area contributed by atoms with Gasteiger partial charge in [-0.05, 0) is 18.1 Å². The smallest absolute Gasteiger partial charge is 0.328 e. The van der Waals surface area contributed by atoms with Gasteiger partial charge in [0.25, 0.3) is 0 Å². The molecule has 1 fully saturated rings. The Morgan fingerprint density at radius 1 is 1.59 bits per heavy atom. The summed E-state index contributed by atoms with van der Waals surface area (Å²) < 4.78 is 4.71. The van der Waals surface area contributed by atoms with E-state index >= 15 is 0 Å². The van der Waals surface area contributed by atoms with Crippen molar-refractivity contribution in [3.05, 3.63) is 36.1 Å². The largest absolute Gasteiger partial charge is 0.467 e. The first kappa shape index (κ1) is 15.5. The molecule has 0 bridgehead atoms. The molecule has 1 unspecified atom stereocenters. The lowest BCUT2D eigenvalue weighted by atomic mass is 10.1. The Kier molecular flexibility index (Phi) is 7.85. The molecule has 1 atom stereocenters. The Morgan fingerprint density at radius 3 is 2.71 bits per heavy atom. The Labute approximate surface area is 104 Å². The molecule has 0 radical (unpaired) electrons. The van der Waals surface area contributed by atoms with Crippen LogP contribution in [0.3, 0.4) is 0 Å². The topological polar surface area (TPSA) is 38.3 Å². The average molecular weight is 237 g/mol. The van der Waals surface area contributed by atoms with Gasteiger partial charge in [0.05, 0.1) is 7.11 Å². The summed E-state index contributed by atoms with van der Waals surface area (Å²) in [5.74, 6) is -0.218. The fourth-order valence-corrected chi connectivity index (χ4v) is 1.66. The highest BCUT2D eigenvalue weighted by Gasteiger charge is 2.28. The van der Waals surface area contributed by atoms with Gasteiger partial charge in [-0.3, -0.25) is 0 Å². The molecule has 0 spiro atoms. The molecule has 0 aliphatic carbocycles. The third kappa shape index (κ3) is 4.47. The number of carbonyl (C=O) groups excluding carboxylic acids is 1. The van der Waals surface area contributed by atoms with E-state index in [-0.39, 0.29) is 12.0 Å². The van der Waals surface area contributed by atoms with Gasteiger partial charge in [0.15, 0.2) is 0 Å². The summed E-state index contributed by atoms with van der Waals surface area (Å²) in [4.78, 5) is 11.3. The number of carbonyl (C=O) groups is 1. The molecule has 0 aromatic heterocycles. The van der Waals surface area contributed by atoms with Crippen LogP contribution in [0.5, 0.6) is 0 Å². The fraction of sp³-hybridized carbons (Fsp3) is 0.500. The van der Waals surface area contributed by atoms with Crippen molar-refractivity contribution in [1.82, 2.24) is 5.32 Å². The Hall–Kier alpha value is -1.51. The molecule has 0 aromatic rings. The average Bonchev–Trinajstić information content (AvgIpc) is 2.75. The van der Waals surface area contributed by atoms with E-state index in [0.717, 1.165) is 17.7 Å². The minimum Gasteiger partial charge on any atom is -0.467 e. The van der Waals surface area contributed by atoms with E-state index in [4.69, 9.17) is 4.74 Å². The summed E-state index contributed by atoms with van der Waals surface area (Å²) in [5, 5.41) is 3.12. The lowest BCUT2D eigenvalue weighted by Gasteiger charge is -2.06. The van der Waals surface area contributed by atoms with Gasteiger partial charge < -0.3 is 10.1 Å². The molecule has 1 aliphatic heterocycles. The normalized spacial score (nSPS) is 22.7. The zero-order chi connectivity index (χ0) is 13.3. The van der Waals surface area contributed by atoms with Crippen molar-refractivity contribution in [1.29, 1.82) is 0 Å². The van der Waals surface area contributed by atoms with Crippen LogP contribution in [0.15, 0.2) is 36.1 Å². The molecular formula is C14H23NO2. The monoisotopic (exact) mass is 237 g/mol. The minimum atomic E-state index is -0.251. The number of rotatable bonds is 3. The van der Waals surface area contributed by atoms with Crippen LogP contribution in [0.25, 0.3) is 0 Å². The number of hydrogen-bond acceptors (Lipinski definition) is 3. The molecular weight excluding hydrogens is 214 g/mol. The molecule has 1 N–H and O–H groups in total. The van der Waals surface area contributed by atoms with Crippen molar-refractivity contribution in [2.24, 2.45) is 0 Å². The van der Waals surface area contributed by atoms with Gasteiger partial charge in [-0.1, -0.05) is 39.5 Å². The molecule has 0 amide bonds. The molecule has 17 heavy (non-hydrogen) atoms. The van der Waals surface area contributed by atoms with Crippen LogP contribution in [0.1, 0.15) is 33.6 Å². The van der Waals surface area contributed by atoms with E-state index in [0.29, 0.717) is 6.42 Å². The van der Waals surface area contributed by atoms with E-state index in [1.165, 1.54) is 7.11 Å². The number of ether oxygens (including phenoxy) is 1. The zero-order valence-corrected chi connectivity index (χ0v) is 11.2. The van der Waals surface area contributed by atoms with Gasteiger partial charge in [0, 0.05) is 12.1 Å². The van der Waals surface area contributed by atoms with Gasteiger partial charge >= 0.3 is 5.97 Å². The number of hydrogen-bond donors (Lipinski definition) is 1. The van der Waals surface area contributed by atoms with Gasteiger partial charge in [-0.2, -0.15) is 0 Å². The van der Waals surface area contributed by atoms with Gasteiger partial charge in [-0.25, -0.2) is 4.79 Å².